The number of fused-ring (bicyclic) bond motifs is 1. The van der Waals surface area contributed by atoms with E-state index in [4.69, 9.17) is 0 Å². The van der Waals surface area contributed by atoms with Crippen molar-refractivity contribution in [2.75, 3.05) is 11.9 Å². The normalized spacial score (nSPS) is 10.8. The maximum Gasteiger partial charge on any atom is 0.161 e. The number of halogens is 1. The number of benzene rings is 1. The fourth-order valence-electron chi connectivity index (χ4n) is 2.19. The lowest BCUT2D eigenvalue weighted by Gasteiger charge is -2.10. The first-order chi connectivity index (χ1) is 10.2. The second-order valence-electron chi connectivity index (χ2n) is 4.74. The highest BCUT2D eigenvalue weighted by Gasteiger charge is 2.10. The van der Waals surface area contributed by atoms with Gasteiger partial charge in [-0.05, 0) is 60.7 Å². The number of hydrogen-bond acceptors (Lipinski definition) is 4. The van der Waals surface area contributed by atoms with Gasteiger partial charge in [-0.2, -0.15) is 0 Å². The predicted octanol–water partition coefficient (Wildman–Crippen LogP) is 4.04. The molecule has 0 saturated carbocycles. The highest BCUT2D eigenvalue weighted by molar-refractivity contribution is 14.1. The summed E-state index contributed by atoms with van der Waals surface area (Å²) in [5.74, 6) is 1.64. The molecule has 106 valence electrons. The lowest BCUT2D eigenvalue weighted by Crippen LogP contribution is -2.06. The van der Waals surface area contributed by atoms with Crippen molar-refractivity contribution in [2.45, 2.75) is 13.8 Å². The van der Waals surface area contributed by atoms with Crippen LogP contribution in [-0.4, -0.2) is 21.5 Å². The van der Waals surface area contributed by atoms with Crippen molar-refractivity contribution in [3.8, 4) is 11.4 Å². The number of hydrogen-bond donors (Lipinski definition) is 1. The summed E-state index contributed by atoms with van der Waals surface area (Å²) >= 11 is 2.28. The number of rotatable bonds is 3. The molecule has 0 radical (unpaired) electrons. The van der Waals surface area contributed by atoms with E-state index in [9.17, 15) is 0 Å². The van der Waals surface area contributed by atoms with Crippen LogP contribution < -0.4 is 5.32 Å². The van der Waals surface area contributed by atoms with Gasteiger partial charge >= 0.3 is 0 Å². The Bertz CT molecular complexity index is 801. The third-order valence-electron chi connectivity index (χ3n) is 3.22. The summed E-state index contributed by atoms with van der Waals surface area (Å²) in [5.41, 5.74) is 2.98. The molecule has 0 bridgehead atoms. The van der Waals surface area contributed by atoms with E-state index in [1.54, 1.807) is 6.20 Å². The smallest absolute Gasteiger partial charge is 0.161 e. The molecule has 0 aliphatic carbocycles. The van der Waals surface area contributed by atoms with Gasteiger partial charge < -0.3 is 5.32 Å². The van der Waals surface area contributed by atoms with Crippen molar-refractivity contribution < 1.29 is 0 Å². The third-order valence-corrected chi connectivity index (χ3v) is 4.51. The Hall–Kier alpha value is -1.76. The van der Waals surface area contributed by atoms with Crippen molar-refractivity contribution in [3.05, 3.63) is 45.8 Å². The number of nitrogens with one attached hydrogen (secondary N) is 1. The minimum Gasteiger partial charge on any atom is -0.369 e. The van der Waals surface area contributed by atoms with E-state index >= 15 is 0 Å². The standard InChI is InChI=1S/C16H15IN4/c1-3-18-16-14(17)10(2)20-15(21-16)12-6-7-13-11(9-12)5-4-8-19-13/h4-9H,3H2,1-2H3,(H,18,20,21). The van der Waals surface area contributed by atoms with Gasteiger partial charge in [0.25, 0.3) is 0 Å². The Labute approximate surface area is 137 Å². The first kappa shape index (κ1) is 14.2. The highest BCUT2D eigenvalue weighted by atomic mass is 127. The van der Waals surface area contributed by atoms with Gasteiger partial charge in [-0.1, -0.05) is 6.07 Å². The molecule has 0 amide bonds. The van der Waals surface area contributed by atoms with E-state index in [2.05, 4.69) is 61.9 Å². The first-order valence-electron chi connectivity index (χ1n) is 6.82. The average Bonchev–Trinajstić information content (AvgIpc) is 2.51. The van der Waals surface area contributed by atoms with Crippen LogP contribution in [0.5, 0.6) is 0 Å². The van der Waals surface area contributed by atoms with Gasteiger partial charge in [0.05, 0.1) is 14.8 Å². The minimum absolute atomic E-state index is 0.745. The number of aryl methyl sites for hydroxylation is 1. The highest BCUT2D eigenvalue weighted by Crippen LogP contribution is 2.25. The number of anilines is 1. The molecular formula is C16H15IN4. The predicted molar refractivity (Wildman–Crippen MR) is 94.4 cm³/mol. The van der Waals surface area contributed by atoms with Gasteiger partial charge in [-0.25, -0.2) is 9.97 Å². The Balaban J connectivity index is 2.13. The van der Waals surface area contributed by atoms with Gasteiger partial charge in [0.15, 0.2) is 5.82 Å². The van der Waals surface area contributed by atoms with E-state index in [1.165, 1.54) is 0 Å². The van der Waals surface area contributed by atoms with Crippen LogP contribution in [0.4, 0.5) is 5.82 Å². The average molecular weight is 390 g/mol. The zero-order chi connectivity index (χ0) is 14.8. The van der Waals surface area contributed by atoms with Crippen LogP contribution in [0, 0.1) is 10.5 Å². The lowest BCUT2D eigenvalue weighted by atomic mass is 10.1. The van der Waals surface area contributed by atoms with Crippen LogP contribution in [0.25, 0.3) is 22.3 Å². The molecule has 0 saturated heterocycles. The van der Waals surface area contributed by atoms with Gasteiger partial charge in [0.1, 0.15) is 5.82 Å². The molecule has 0 fully saturated rings. The molecule has 1 N–H and O–H groups in total. The monoisotopic (exact) mass is 390 g/mol. The molecule has 0 aliphatic rings. The van der Waals surface area contributed by atoms with Crippen molar-refractivity contribution in [1.82, 2.24) is 15.0 Å². The van der Waals surface area contributed by atoms with E-state index in [0.717, 1.165) is 43.9 Å². The lowest BCUT2D eigenvalue weighted by molar-refractivity contribution is 1.06. The number of nitrogens with zero attached hydrogens (tertiary/aromatic N) is 3. The van der Waals surface area contributed by atoms with Gasteiger partial charge in [-0.3, -0.25) is 4.98 Å². The Morgan fingerprint density at radius 3 is 2.86 bits per heavy atom. The Morgan fingerprint density at radius 1 is 1.19 bits per heavy atom. The maximum absolute atomic E-state index is 4.65. The molecule has 0 aliphatic heterocycles. The molecule has 3 aromatic rings. The van der Waals surface area contributed by atoms with Crippen molar-refractivity contribution in [3.63, 3.8) is 0 Å². The molecule has 5 heteroatoms. The molecule has 4 nitrogen and oxygen atoms in total. The van der Waals surface area contributed by atoms with Crippen molar-refractivity contribution in [1.29, 1.82) is 0 Å². The summed E-state index contributed by atoms with van der Waals surface area (Å²) in [6.45, 7) is 4.92. The van der Waals surface area contributed by atoms with Crippen molar-refractivity contribution in [2.24, 2.45) is 0 Å². The van der Waals surface area contributed by atoms with E-state index in [-0.39, 0.29) is 0 Å². The van der Waals surface area contributed by atoms with Crippen LogP contribution in [0.1, 0.15) is 12.6 Å². The zero-order valence-corrected chi connectivity index (χ0v) is 14.0. The van der Waals surface area contributed by atoms with E-state index in [1.807, 2.05) is 25.1 Å². The van der Waals surface area contributed by atoms with Crippen LogP contribution >= 0.6 is 22.6 Å². The second kappa shape index (κ2) is 5.93. The molecule has 0 atom stereocenters. The SMILES string of the molecule is CCNc1nc(-c2ccc3ncccc3c2)nc(C)c1I. The Morgan fingerprint density at radius 2 is 2.05 bits per heavy atom. The summed E-state index contributed by atoms with van der Waals surface area (Å²) in [6.07, 6.45) is 1.80. The topological polar surface area (TPSA) is 50.7 Å². The molecule has 21 heavy (non-hydrogen) atoms. The molecule has 0 unspecified atom stereocenters. The first-order valence-corrected chi connectivity index (χ1v) is 7.90. The number of aromatic nitrogens is 3. The summed E-state index contributed by atoms with van der Waals surface area (Å²) in [4.78, 5) is 13.6. The van der Waals surface area contributed by atoms with Gasteiger partial charge in [0, 0.05) is 23.7 Å². The summed E-state index contributed by atoms with van der Waals surface area (Å²) in [5, 5.41) is 4.39. The second-order valence-corrected chi connectivity index (χ2v) is 5.82. The molecule has 1 aromatic carbocycles. The van der Waals surface area contributed by atoms with Crippen molar-refractivity contribution >= 4 is 39.3 Å². The molecule has 2 heterocycles. The fraction of sp³-hybridized carbons (Fsp3) is 0.188. The fourth-order valence-corrected chi connectivity index (χ4v) is 2.62. The van der Waals surface area contributed by atoms with E-state index in [0.29, 0.717) is 0 Å². The largest absolute Gasteiger partial charge is 0.369 e. The summed E-state index contributed by atoms with van der Waals surface area (Å²) in [7, 11) is 0. The van der Waals surface area contributed by atoms with Crippen LogP contribution in [-0.2, 0) is 0 Å². The quantitative estimate of drug-likeness (QED) is 0.686. The van der Waals surface area contributed by atoms with Crippen LogP contribution in [0.2, 0.25) is 0 Å². The molecule has 3 rings (SSSR count). The number of pyridine rings is 1. The van der Waals surface area contributed by atoms with Crippen LogP contribution in [0.3, 0.4) is 0 Å². The van der Waals surface area contributed by atoms with Gasteiger partial charge in [-0.15, -0.1) is 0 Å². The Kier molecular flexibility index (Phi) is 4.01. The van der Waals surface area contributed by atoms with Gasteiger partial charge in [0.2, 0.25) is 0 Å². The summed E-state index contributed by atoms with van der Waals surface area (Å²) < 4.78 is 1.07. The maximum atomic E-state index is 4.65. The van der Waals surface area contributed by atoms with Crippen LogP contribution in [0.15, 0.2) is 36.5 Å². The third kappa shape index (κ3) is 2.83. The minimum atomic E-state index is 0.745. The summed E-state index contributed by atoms with van der Waals surface area (Å²) in [6, 6.07) is 10.1. The molecular weight excluding hydrogens is 375 g/mol. The zero-order valence-electron chi connectivity index (χ0n) is 11.9. The molecule has 2 aromatic heterocycles. The molecule has 0 spiro atoms. The van der Waals surface area contributed by atoms with E-state index < -0.39 is 0 Å².